The van der Waals surface area contributed by atoms with E-state index in [0.29, 0.717) is 17.1 Å². The standard InChI is InChI=1S/C19H28N2O4S/c1-12-9-21(10-13(2)25-12)11-16(22)20-18-17(19(23)24-3)14-7-5-4-6-8-15(14)26-18/h12-13H,4-11H2,1-3H3,(H,20,22)/p+1/t12-,13-/m1/s1. The number of carbonyl (C=O) groups excluding carboxylic acids is 2. The van der Waals surface area contributed by atoms with E-state index in [2.05, 4.69) is 5.32 Å². The average Bonchev–Trinajstić information content (AvgIpc) is 2.74. The zero-order valence-corrected chi connectivity index (χ0v) is 16.7. The molecule has 0 saturated carbocycles. The quantitative estimate of drug-likeness (QED) is 0.612. The summed E-state index contributed by atoms with van der Waals surface area (Å²) in [6.07, 6.45) is 5.57. The van der Waals surface area contributed by atoms with Crippen molar-refractivity contribution in [1.82, 2.24) is 0 Å². The van der Waals surface area contributed by atoms with Crippen molar-refractivity contribution in [3.8, 4) is 0 Å². The Morgan fingerprint density at radius 2 is 1.88 bits per heavy atom. The zero-order valence-electron chi connectivity index (χ0n) is 15.9. The zero-order chi connectivity index (χ0) is 18.7. The SMILES string of the molecule is COC(=O)c1c(NC(=O)C[NH+]2C[C@@H](C)O[C@H](C)C2)sc2c1CCCCC2. The molecule has 1 amide bonds. The van der Waals surface area contributed by atoms with Crippen LogP contribution in [0.5, 0.6) is 0 Å². The predicted molar refractivity (Wildman–Crippen MR) is 101 cm³/mol. The molecule has 0 radical (unpaired) electrons. The highest BCUT2D eigenvalue weighted by molar-refractivity contribution is 7.17. The number of carbonyl (C=O) groups is 2. The number of esters is 1. The van der Waals surface area contributed by atoms with Gasteiger partial charge in [-0.3, -0.25) is 4.79 Å². The summed E-state index contributed by atoms with van der Waals surface area (Å²) in [5.41, 5.74) is 1.65. The maximum atomic E-state index is 12.6. The minimum absolute atomic E-state index is 0.0529. The molecule has 0 unspecified atom stereocenters. The number of anilines is 1. The highest BCUT2D eigenvalue weighted by Gasteiger charge is 2.29. The van der Waals surface area contributed by atoms with Gasteiger partial charge in [-0.1, -0.05) is 6.42 Å². The van der Waals surface area contributed by atoms with Gasteiger partial charge in [0.1, 0.15) is 30.3 Å². The Labute approximate surface area is 158 Å². The van der Waals surface area contributed by atoms with Crippen LogP contribution in [0.25, 0.3) is 0 Å². The van der Waals surface area contributed by atoms with Crippen molar-refractivity contribution < 1.29 is 24.0 Å². The number of nitrogens with one attached hydrogen (secondary N) is 2. The minimum Gasteiger partial charge on any atom is -0.465 e. The molecule has 2 N–H and O–H groups in total. The second kappa shape index (κ2) is 8.50. The first-order valence-electron chi connectivity index (χ1n) is 9.49. The number of methoxy groups -OCH3 is 1. The van der Waals surface area contributed by atoms with Gasteiger partial charge in [-0.2, -0.15) is 0 Å². The Bertz CT molecular complexity index is 663. The molecular weight excluding hydrogens is 352 g/mol. The number of hydrogen-bond donors (Lipinski definition) is 2. The van der Waals surface area contributed by atoms with Crippen molar-refractivity contribution in [2.24, 2.45) is 0 Å². The third-order valence-electron chi connectivity index (χ3n) is 5.09. The lowest BCUT2D eigenvalue weighted by molar-refractivity contribution is -0.907. The van der Waals surface area contributed by atoms with E-state index >= 15 is 0 Å². The van der Waals surface area contributed by atoms with Crippen molar-refractivity contribution >= 4 is 28.2 Å². The van der Waals surface area contributed by atoms with Crippen molar-refractivity contribution in [1.29, 1.82) is 0 Å². The first-order chi connectivity index (χ1) is 12.5. The molecular formula is C19H29N2O4S+. The number of thiophene rings is 1. The van der Waals surface area contributed by atoms with Gasteiger partial charge in [0, 0.05) is 4.88 Å². The van der Waals surface area contributed by atoms with Crippen molar-refractivity contribution in [3.05, 3.63) is 16.0 Å². The normalized spacial score (nSPS) is 25.9. The fraction of sp³-hybridized carbons (Fsp3) is 0.684. The molecule has 26 heavy (non-hydrogen) atoms. The maximum absolute atomic E-state index is 12.6. The minimum atomic E-state index is -0.347. The van der Waals surface area contributed by atoms with Gasteiger partial charge < -0.3 is 19.7 Å². The van der Waals surface area contributed by atoms with Gasteiger partial charge in [0.25, 0.3) is 5.91 Å². The van der Waals surface area contributed by atoms with Crippen molar-refractivity contribution in [2.45, 2.75) is 58.2 Å². The number of aryl methyl sites for hydroxylation is 1. The van der Waals surface area contributed by atoms with Crippen LogP contribution >= 0.6 is 11.3 Å². The lowest BCUT2D eigenvalue weighted by Gasteiger charge is -2.31. The molecule has 1 saturated heterocycles. The number of rotatable bonds is 4. The monoisotopic (exact) mass is 381 g/mol. The van der Waals surface area contributed by atoms with E-state index < -0.39 is 0 Å². The molecule has 3 rings (SSSR count). The first-order valence-corrected chi connectivity index (χ1v) is 10.3. The van der Waals surface area contributed by atoms with E-state index in [1.165, 1.54) is 23.3 Å². The summed E-state index contributed by atoms with van der Waals surface area (Å²) in [6, 6.07) is 0. The van der Waals surface area contributed by atoms with Crippen molar-refractivity contribution in [2.75, 3.05) is 32.1 Å². The average molecular weight is 382 g/mol. The molecule has 2 aliphatic rings. The molecule has 2 heterocycles. The topological polar surface area (TPSA) is 69.1 Å². The number of fused-ring (bicyclic) bond motifs is 1. The summed E-state index contributed by atoms with van der Waals surface area (Å²) in [6.45, 7) is 6.12. The summed E-state index contributed by atoms with van der Waals surface area (Å²) < 4.78 is 10.7. The van der Waals surface area contributed by atoms with Crippen LogP contribution in [0.3, 0.4) is 0 Å². The highest BCUT2D eigenvalue weighted by Crippen LogP contribution is 2.37. The molecule has 1 fully saturated rings. The smallest absolute Gasteiger partial charge is 0.341 e. The molecule has 144 valence electrons. The van der Waals surface area contributed by atoms with Crippen LogP contribution < -0.4 is 10.2 Å². The number of ether oxygens (including phenoxy) is 2. The lowest BCUT2D eigenvalue weighted by Crippen LogP contribution is -3.16. The van der Waals surface area contributed by atoms with Gasteiger partial charge in [0.15, 0.2) is 6.54 Å². The van der Waals surface area contributed by atoms with Crippen LogP contribution in [0.1, 0.15) is 53.9 Å². The fourth-order valence-corrected chi connectivity index (χ4v) is 5.37. The molecule has 7 heteroatoms. The van der Waals surface area contributed by atoms with E-state index in [4.69, 9.17) is 9.47 Å². The number of quaternary nitrogens is 1. The third-order valence-corrected chi connectivity index (χ3v) is 6.30. The van der Waals surface area contributed by atoms with Crippen LogP contribution in [-0.4, -0.2) is 50.8 Å². The molecule has 6 nitrogen and oxygen atoms in total. The fourth-order valence-electron chi connectivity index (χ4n) is 4.08. The van der Waals surface area contributed by atoms with Gasteiger partial charge in [-0.15, -0.1) is 11.3 Å². The van der Waals surface area contributed by atoms with Gasteiger partial charge >= 0.3 is 5.97 Å². The van der Waals surface area contributed by atoms with Crippen LogP contribution in [-0.2, 0) is 27.1 Å². The molecule has 0 spiro atoms. The number of morpholine rings is 1. The summed E-state index contributed by atoms with van der Waals surface area (Å²) >= 11 is 1.54. The van der Waals surface area contributed by atoms with Crippen LogP contribution in [0.2, 0.25) is 0 Å². The Kier molecular flexibility index (Phi) is 6.32. The molecule has 0 bridgehead atoms. The van der Waals surface area contributed by atoms with E-state index in [9.17, 15) is 9.59 Å². The second-order valence-electron chi connectivity index (χ2n) is 7.40. The van der Waals surface area contributed by atoms with Crippen molar-refractivity contribution in [3.63, 3.8) is 0 Å². The molecule has 1 aromatic heterocycles. The largest absolute Gasteiger partial charge is 0.465 e. The summed E-state index contributed by atoms with van der Waals surface area (Å²) in [5.74, 6) is -0.400. The maximum Gasteiger partial charge on any atom is 0.341 e. The Balaban J connectivity index is 1.74. The van der Waals surface area contributed by atoms with Gasteiger partial charge in [-0.25, -0.2) is 4.79 Å². The summed E-state index contributed by atoms with van der Waals surface area (Å²) in [7, 11) is 1.40. The predicted octanol–water partition coefficient (Wildman–Crippen LogP) is 1.43. The molecule has 2 atom stereocenters. The Morgan fingerprint density at radius 1 is 1.19 bits per heavy atom. The highest BCUT2D eigenvalue weighted by atomic mass is 32.1. The molecule has 0 aromatic carbocycles. The van der Waals surface area contributed by atoms with E-state index in [-0.39, 0.29) is 24.1 Å². The van der Waals surface area contributed by atoms with Gasteiger partial charge in [-0.05, 0) is 45.1 Å². The van der Waals surface area contributed by atoms with E-state index in [1.54, 1.807) is 11.3 Å². The first kappa shape index (κ1) is 19.3. The Hall–Kier alpha value is -1.44. The molecule has 1 aromatic rings. The van der Waals surface area contributed by atoms with Gasteiger partial charge in [0.05, 0.1) is 12.7 Å². The summed E-state index contributed by atoms with van der Waals surface area (Å²) in [4.78, 5) is 27.4. The second-order valence-corrected chi connectivity index (χ2v) is 8.51. The van der Waals surface area contributed by atoms with Crippen LogP contribution in [0.15, 0.2) is 0 Å². The Morgan fingerprint density at radius 3 is 2.58 bits per heavy atom. The number of hydrogen-bond acceptors (Lipinski definition) is 5. The van der Waals surface area contributed by atoms with E-state index in [0.717, 1.165) is 44.3 Å². The lowest BCUT2D eigenvalue weighted by atomic mass is 10.1. The number of amides is 1. The van der Waals surface area contributed by atoms with Gasteiger partial charge in [0.2, 0.25) is 0 Å². The van der Waals surface area contributed by atoms with E-state index in [1.807, 2.05) is 13.8 Å². The third kappa shape index (κ3) is 4.45. The van der Waals surface area contributed by atoms with Crippen LogP contribution in [0, 0.1) is 0 Å². The summed E-state index contributed by atoms with van der Waals surface area (Å²) in [5, 5.41) is 3.65. The molecule has 1 aliphatic heterocycles. The van der Waals surface area contributed by atoms with Crippen LogP contribution in [0.4, 0.5) is 5.00 Å². The molecule has 1 aliphatic carbocycles.